The average Bonchev–Trinajstić information content (AvgIpc) is 3.00. The van der Waals surface area contributed by atoms with E-state index in [1.807, 2.05) is 11.0 Å². The summed E-state index contributed by atoms with van der Waals surface area (Å²) in [5.41, 5.74) is 2.86. The van der Waals surface area contributed by atoms with Crippen molar-refractivity contribution in [1.82, 2.24) is 10.3 Å². The maximum absolute atomic E-state index is 13.4. The van der Waals surface area contributed by atoms with Gasteiger partial charge in [0.1, 0.15) is 12.1 Å². The third-order valence-electron chi connectivity index (χ3n) is 3.51. The van der Waals surface area contributed by atoms with Crippen molar-refractivity contribution >= 4 is 11.7 Å². The van der Waals surface area contributed by atoms with E-state index in [0.29, 0.717) is 12.6 Å². The topological polar surface area (TPSA) is 41.3 Å². The van der Waals surface area contributed by atoms with Crippen molar-refractivity contribution in [1.29, 1.82) is 0 Å². The van der Waals surface area contributed by atoms with Gasteiger partial charge in [0.2, 0.25) is 0 Å². The average molecular weight is 289 g/mol. The smallest absolute Gasteiger partial charge is 0.302 e. The molecule has 4 nitrogen and oxygen atoms in total. The molecule has 0 amide bonds. The first-order chi connectivity index (χ1) is 9.92. The van der Waals surface area contributed by atoms with Crippen molar-refractivity contribution in [3.63, 3.8) is 0 Å². The van der Waals surface area contributed by atoms with Crippen LogP contribution in [-0.2, 0) is 13.0 Å². The largest absolute Gasteiger partial charge is 0.431 e. The van der Waals surface area contributed by atoms with Gasteiger partial charge >= 0.3 is 6.01 Å². The van der Waals surface area contributed by atoms with E-state index in [4.69, 9.17) is 4.42 Å². The maximum Gasteiger partial charge on any atom is 0.302 e. The highest BCUT2D eigenvalue weighted by molar-refractivity contribution is 5.65. The number of aromatic nitrogens is 1. The van der Waals surface area contributed by atoms with Crippen LogP contribution in [-0.4, -0.2) is 17.1 Å². The SMILES string of the molecule is CC(C)(C)NCc1coc(N2CCc3ccc(F)cc32)n1. The van der Waals surface area contributed by atoms with Crippen molar-refractivity contribution in [2.24, 2.45) is 0 Å². The second-order valence-electron chi connectivity index (χ2n) is 6.40. The number of rotatable bonds is 3. The lowest BCUT2D eigenvalue weighted by atomic mass is 10.1. The summed E-state index contributed by atoms with van der Waals surface area (Å²) < 4.78 is 19.0. The normalized spacial score (nSPS) is 14.6. The second kappa shape index (κ2) is 5.15. The predicted octanol–water partition coefficient (Wildman–Crippen LogP) is 3.40. The van der Waals surface area contributed by atoms with Gasteiger partial charge in [-0.2, -0.15) is 4.98 Å². The molecule has 0 saturated heterocycles. The molecule has 1 N–H and O–H groups in total. The van der Waals surface area contributed by atoms with Crippen molar-refractivity contribution in [3.05, 3.63) is 41.5 Å². The molecule has 0 atom stereocenters. The van der Waals surface area contributed by atoms with Crippen LogP contribution in [0.3, 0.4) is 0 Å². The molecule has 2 aromatic rings. The van der Waals surface area contributed by atoms with Gasteiger partial charge in [-0.05, 0) is 44.9 Å². The summed E-state index contributed by atoms with van der Waals surface area (Å²) in [4.78, 5) is 6.43. The van der Waals surface area contributed by atoms with E-state index in [2.05, 4.69) is 31.1 Å². The number of anilines is 2. The maximum atomic E-state index is 13.4. The fourth-order valence-corrected chi connectivity index (χ4v) is 2.41. The van der Waals surface area contributed by atoms with E-state index in [1.54, 1.807) is 12.3 Å². The Hall–Kier alpha value is -1.88. The first-order valence-corrected chi connectivity index (χ1v) is 7.18. The zero-order chi connectivity index (χ0) is 15.0. The zero-order valence-corrected chi connectivity index (χ0v) is 12.6. The quantitative estimate of drug-likeness (QED) is 0.940. The highest BCUT2D eigenvalue weighted by Crippen LogP contribution is 2.34. The van der Waals surface area contributed by atoms with Gasteiger partial charge in [0.05, 0.1) is 11.4 Å². The van der Waals surface area contributed by atoms with Crippen LogP contribution in [0.25, 0.3) is 0 Å². The first kappa shape index (κ1) is 14.1. The van der Waals surface area contributed by atoms with E-state index in [1.165, 1.54) is 6.07 Å². The van der Waals surface area contributed by atoms with Gasteiger partial charge in [0.25, 0.3) is 0 Å². The molecule has 1 aromatic carbocycles. The summed E-state index contributed by atoms with van der Waals surface area (Å²) in [5, 5.41) is 3.37. The summed E-state index contributed by atoms with van der Waals surface area (Å²) in [6, 6.07) is 5.40. The van der Waals surface area contributed by atoms with Gasteiger partial charge in [0, 0.05) is 18.6 Å². The van der Waals surface area contributed by atoms with Gasteiger partial charge < -0.3 is 9.73 Å². The summed E-state index contributed by atoms with van der Waals surface area (Å²) in [7, 11) is 0. The van der Waals surface area contributed by atoms with Gasteiger partial charge in [-0.25, -0.2) is 4.39 Å². The van der Waals surface area contributed by atoms with Crippen LogP contribution in [0.4, 0.5) is 16.1 Å². The first-order valence-electron chi connectivity index (χ1n) is 7.18. The third-order valence-corrected chi connectivity index (χ3v) is 3.51. The van der Waals surface area contributed by atoms with Crippen molar-refractivity contribution < 1.29 is 8.81 Å². The van der Waals surface area contributed by atoms with Crippen LogP contribution >= 0.6 is 0 Å². The second-order valence-corrected chi connectivity index (χ2v) is 6.40. The molecule has 21 heavy (non-hydrogen) atoms. The molecule has 0 spiro atoms. The van der Waals surface area contributed by atoms with Crippen molar-refractivity contribution in [3.8, 4) is 0 Å². The monoisotopic (exact) mass is 289 g/mol. The highest BCUT2D eigenvalue weighted by atomic mass is 19.1. The van der Waals surface area contributed by atoms with Crippen LogP contribution in [0.2, 0.25) is 0 Å². The number of nitrogens with zero attached hydrogens (tertiary/aromatic N) is 2. The van der Waals surface area contributed by atoms with E-state index >= 15 is 0 Å². The Morgan fingerprint density at radius 1 is 1.38 bits per heavy atom. The molecular formula is C16H20FN3O. The lowest BCUT2D eigenvalue weighted by molar-refractivity contribution is 0.421. The number of benzene rings is 1. The fourth-order valence-electron chi connectivity index (χ4n) is 2.41. The number of halogens is 1. The number of oxazole rings is 1. The minimum atomic E-state index is -0.234. The molecular weight excluding hydrogens is 269 g/mol. The Morgan fingerprint density at radius 3 is 2.95 bits per heavy atom. The van der Waals surface area contributed by atoms with E-state index in [9.17, 15) is 4.39 Å². The molecule has 2 heterocycles. The Bertz CT molecular complexity index is 645. The molecule has 0 saturated carbocycles. The van der Waals surface area contributed by atoms with Crippen LogP contribution in [0, 0.1) is 5.82 Å². The summed E-state index contributed by atoms with van der Waals surface area (Å²) in [6.45, 7) is 7.73. The molecule has 1 aliphatic heterocycles. The Labute approximate surface area is 124 Å². The predicted molar refractivity (Wildman–Crippen MR) is 80.2 cm³/mol. The third kappa shape index (κ3) is 3.08. The molecule has 0 fully saturated rings. The van der Waals surface area contributed by atoms with Crippen molar-refractivity contribution in [2.75, 3.05) is 11.4 Å². The standard InChI is InChI=1S/C16H20FN3O/c1-16(2,3)18-9-13-10-21-15(19-13)20-7-6-11-4-5-12(17)8-14(11)20/h4-5,8,10,18H,6-7,9H2,1-3H3. The zero-order valence-electron chi connectivity index (χ0n) is 12.6. The lowest BCUT2D eigenvalue weighted by Crippen LogP contribution is -2.35. The van der Waals surface area contributed by atoms with E-state index in [-0.39, 0.29) is 11.4 Å². The number of hydrogen-bond acceptors (Lipinski definition) is 4. The van der Waals surface area contributed by atoms with Gasteiger partial charge in [-0.3, -0.25) is 4.90 Å². The molecule has 0 radical (unpaired) electrons. The Morgan fingerprint density at radius 2 is 2.19 bits per heavy atom. The van der Waals surface area contributed by atoms with Crippen LogP contribution in [0.5, 0.6) is 0 Å². The van der Waals surface area contributed by atoms with Gasteiger partial charge in [-0.15, -0.1) is 0 Å². The van der Waals surface area contributed by atoms with E-state index < -0.39 is 0 Å². The summed E-state index contributed by atoms with van der Waals surface area (Å²) >= 11 is 0. The summed E-state index contributed by atoms with van der Waals surface area (Å²) in [5.74, 6) is -0.234. The van der Waals surface area contributed by atoms with Gasteiger partial charge in [-0.1, -0.05) is 6.07 Å². The minimum Gasteiger partial charge on any atom is -0.431 e. The Kier molecular flexibility index (Phi) is 3.45. The fraction of sp³-hybridized carbons (Fsp3) is 0.438. The minimum absolute atomic E-state index is 0.0302. The van der Waals surface area contributed by atoms with E-state index in [0.717, 1.165) is 29.9 Å². The molecule has 0 aliphatic carbocycles. The van der Waals surface area contributed by atoms with Crippen LogP contribution < -0.4 is 10.2 Å². The Balaban J connectivity index is 1.78. The van der Waals surface area contributed by atoms with Gasteiger partial charge in [0.15, 0.2) is 0 Å². The lowest BCUT2D eigenvalue weighted by Gasteiger charge is -2.19. The van der Waals surface area contributed by atoms with Crippen LogP contribution in [0.15, 0.2) is 28.9 Å². The molecule has 1 aromatic heterocycles. The molecule has 1 aliphatic rings. The number of hydrogen-bond donors (Lipinski definition) is 1. The van der Waals surface area contributed by atoms with Crippen molar-refractivity contribution in [2.45, 2.75) is 39.3 Å². The number of fused-ring (bicyclic) bond motifs is 1. The molecule has 0 bridgehead atoms. The highest BCUT2D eigenvalue weighted by Gasteiger charge is 2.24. The molecule has 5 heteroatoms. The summed E-state index contributed by atoms with van der Waals surface area (Å²) in [6.07, 6.45) is 2.54. The van der Waals surface area contributed by atoms with Crippen LogP contribution in [0.1, 0.15) is 32.0 Å². The molecule has 3 rings (SSSR count). The molecule has 112 valence electrons. The molecule has 0 unspecified atom stereocenters. The number of nitrogens with one attached hydrogen (secondary N) is 1.